The Morgan fingerprint density at radius 3 is 3.06 bits per heavy atom. The van der Waals surface area contributed by atoms with Crippen LogP contribution in [0, 0.1) is 5.82 Å². The lowest BCUT2D eigenvalue weighted by Crippen LogP contribution is -2.07. The SMILES string of the molecule is CCCNc1nccn1-c1cc(Cl)ccc1F. The van der Waals surface area contributed by atoms with Crippen LogP contribution in [0.2, 0.25) is 5.02 Å². The molecule has 0 saturated heterocycles. The van der Waals surface area contributed by atoms with Crippen molar-refractivity contribution in [1.29, 1.82) is 0 Å². The van der Waals surface area contributed by atoms with Crippen LogP contribution in [0.4, 0.5) is 10.3 Å². The maximum atomic E-state index is 13.7. The van der Waals surface area contributed by atoms with E-state index >= 15 is 0 Å². The van der Waals surface area contributed by atoms with Gasteiger partial charge in [-0.1, -0.05) is 18.5 Å². The number of halogens is 2. The molecule has 0 spiro atoms. The van der Waals surface area contributed by atoms with Gasteiger partial charge in [-0.25, -0.2) is 9.37 Å². The third kappa shape index (κ3) is 2.58. The first-order chi connectivity index (χ1) is 8.22. The van der Waals surface area contributed by atoms with Crippen LogP contribution in [0.1, 0.15) is 13.3 Å². The number of anilines is 1. The first kappa shape index (κ1) is 11.9. The molecule has 0 saturated carbocycles. The van der Waals surface area contributed by atoms with Crippen LogP contribution in [-0.4, -0.2) is 16.1 Å². The van der Waals surface area contributed by atoms with Crippen molar-refractivity contribution >= 4 is 17.5 Å². The van der Waals surface area contributed by atoms with Crippen LogP contribution in [0.3, 0.4) is 0 Å². The predicted octanol–water partition coefficient (Wildman–Crippen LogP) is 3.49. The third-order valence-electron chi connectivity index (χ3n) is 2.34. The monoisotopic (exact) mass is 253 g/mol. The highest BCUT2D eigenvalue weighted by molar-refractivity contribution is 6.30. The molecular formula is C12H13ClFN3. The van der Waals surface area contributed by atoms with E-state index in [1.54, 1.807) is 23.0 Å². The van der Waals surface area contributed by atoms with E-state index in [1.807, 2.05) is 0 Å². The molecule has 1 heterocycles. The summed E-state index contributed by atoms with van der Waals surface area (Å²) >= 11 is 5.87. The highest BCUT2D eigenvalue weighted by Crippen LogP contribution is 2.21. The minimum atomic E-state index is -0.327. The number of nitrogens with zero attached hydrogens (tertiary/aromatic N) is 2. The number of hydrogen-bond donors (Lipinski definition) is 1. The maximum absolute atomic E-state index is 13.7. The van der Waals surface area contributed by atoms with Gasteiger partial charge in [0, 0.05) is 24.0 Å². The molecule has 2 aromatic rings. The number of benzene rings is 1. The molecule has 0 atom stereocenters. The molecule has 3 nitrogen and oxygen atoms in total. The molecule has 2 rings (SSSR count). The van der Waals surface area contributed by atoms with Crippen LogP contribution in [0.5, 0.6) is 0 Å². The summed E-state index contributed by atoms with van der Waals surface area (Å²) in [4.78, 5) is 4.14. The number of aromatic nitrogens is 2. The molecule has 1 aromatic carbocycles. The van der Waals surface area contributed by atoms with E-state index in [0.717, 1.165) is 13.0 Å². The topological polar surface area (TPSA) is 29.9 Å². The van der Waals surface area contributed by atoms with Crippen molar-refractivity contribution in [2.45, 2.75) is 13.3 Å². The highest BCUT2D eigenvalue weighted by Gasteiger charge is 2.09. The zero-order valence-electron chi connectivity index (χ0n) is 9.45. The zero-order valence-corrected chi connectivity index (χ0v) is 10.2. The molecule has 0 fully saturated rings. The van der Waals surface area contributed by atoms with Gasteiger partial charge in [0.05, 0.1) is 5.69 Å². The Kier molecular flexibility index (Phi) is 3.64. The molecule has 5 heteroatoms. The van der Waals surface area contributed by atoms with E-state index in [2.05, 4.69) is 17.2 Å². The summed E-state index contributed by atoms with van der Waals surface area (Å²) in [7, 11) is 0. The van der Waals surface area contributed by atoms with Crippen molar-refractivity contribution in [3.05, 3.63) is 41.4 Å². The zero-order chi connectivity index (χ0) is 12.3. The maximum Gasteiger partial charge on any atom is 0.207 e. The molecule has 1 N–H and O–H groups in total. The van der Waals surface area contributed by atoms with Crippen molar-refractivity contribution in [2.24, 2.45) is 0 Å². The largest absolute Gasteiger partial charge is 0.355 e. The van der Waals surface area contributed by atoms with Gasteiger partial charge >= 0.3 is 0 Å². The minimum absolute atomic E-state index is 0.327. The molecule has 1 aromatic heterocycles. The van der Waals surface area contributed by atoms with Crippen molar-refractivity contribution in [3.63, 3.8) is 0 Å². The second-order valence-corrected chi connectivity index (χ2v) is 4.08. The normalized spacial score (nSPS) is 10.5. The Bertz CT molecular complexity index is 510. The fourth-order valence-corrected chi connectivity index (χ4v) is 1.70. The molecule has 90 valence electrons. The Morgan fingerprint density at radius 2 is 2.29 bits per heavy atom. The molecule has 0 amide bonds. The standard InChI is InChI=1S/C12H13ClFN3/c1-2-5-15-12-16-6-7-17(12)11-8-9(13)3-4-10(11)14/h3-4,6-8H,2,5H2,1H3,(H,15,16). The van der Waals surface area contributed by atoms with Gasteiger partial charge in [0.1, 0.15) is 5.82 Å². The van der Waals surface area contributed by atoms with E-state index in [-0.39, 0.29) is 5.82 Å². The van der Waals surface area contributed by atoms with E-state index < -0.39 is 0 Å². The third-order valence-corrected chi connectivity index (χ3v) is 2.58. The molecule has 0 aliphatic heterocycles. The number of nitrogens with one attached hydrogen (secondary N) is 1. The van der Waals surface area contributed by atoms with Gasteiger partial charge < -0.3 is 5.32 Å². The molecule has 0 aliphatic carbocycles. The lowest BCUT2D eigenvalue weighted by atomic mass is 10.3. The Balaban J connectivity index is 2.38. The fourth-order valence-electron chi connectivity index (χ4n) is 1.54. The van der Waals surface area contributed by atoms with Gasteiger partial charge in [-0.15, -0.1) is 0 Å². The summed E-state index contributed by atoms with van der Waals surface area (Å²) in [5.41, 5.74) is 0.397. The predicted molar refractivity (Wildman–Crippen MR) is 67.3 cm³/mol. The molecule has 0 radical (unpaired) electrons. The van der Waals surface area contributed by atoms with Gasteiger partial charge in [-0.2, -0.15) is 0 Å². The van der Waals surface area contributed by atoms with Gasteiger partial charge in [0.2, 0.25) is 5.95 Å². The number of rotatable bonds is 4. The first-order valence-corrected chi connectivity index (χ1v) is 5.83. The molecule has 17 heavy (non-hydrogen) atoms. The lowest BCUT2D eigenvalue weighted by molar-refractivity contribution is 0.618. The molecule has 0 unspecified atom stereocenters. The number of imidazole rings is 1. The van der Waals surface area contributed by atoms with Crippen molar-refractivity contribution in [2.75, 3.05) is 11.9 Å². The van der Waals surface area contributed by atoms with Gasteiger partial charge in [0.15, 0.2) is 0 Å². The van der Waals surface area contributed by atoms with Crippen LogP contribution in [-0.2, 0) is 0 Å². The number of hydrogen-bond acceptors (Lipinski definition) is 2. The molecule has 0 aliphatic rings. The summed E-state index contributed by atoms with van der Waals surface area (Å²) in [5, 5.41) is 3.63. The van der Waals surface area contributed by atoms with E-state index in [4.69, 9.17) is 11.6 Å². The Hall–Kier alpha value is -1.55. The summed E-state index contributed by atoms with van der Waals surface area (Å²) in [6.45, 7) is 2.85. The fraction of sp³-hybridized carbons (Fsp3) is 0.250. The molecule has 0 bridgehead atoms. The Labute approximate surface area is 104 Å². The van der Waals surface area contributed by atoms with Crippen LogP contribution >= 0.6 is 11.6 Å². The van der Waals surface area contributed by atoms with E-state index in [0.29, 0.717) is 16.7 Å². The van der Waals surface area contributed by atoms with Crippen molar-refractivity contribution in [1.82, 2.24) is 9.55 Å². The Morgan fingerprint density at radius 1 is 1.47 bits per heavy atom. The van der Waals surface area contributed by atoms with E-state index in [1.165, 1.54) is 12.1 Å². The lowest BCUT2D eigenvalue weighted by Gasteiger charge is -2.10. The van der Waals surface area contributed by atoms with Crippen LogP contribution < -0.4 is 5.32 Å². The minimum Gasteiger partial charge on any atom is -0.355 e. The molecular weight excluding hydrogens is 241 g/mol. The van der Waals surface area contributed by atoms with Crippen LogP contribution in [0.15, 0.2) is 30.6 Å². The van der Waals surface area contributed by atoms with Gasteiger partial charge in [0.25, 0.3) is 0 Å². The van der Waals surface area contributed by atoms with Gasteiger partial charge in [-0.05, 0) is 24.6 Å². The van der Waals surface area contributed by atoms with Crippen molar-refractivity contribution < 1.29 is 4.39 Å². The quantitative estimate of drug-likeness (QED) is 0.904. The average Bonchev–Trinajstić information content (AvgIpc) is 2.77. The first-order valence-electron chi connectivity index (χ1n) is 5.45. The van der Waals surface area contributed by atoms with Crippen LogP contribution in [0.25, 0.3) is 5.69 Å². The van der Waals surface area contributed by atoms with E-state index in [9.17, 15) is 4.39 Å². The summed E-state index contributed by atoms with van der Waals surface area (Å²) in [6, 6.07) is 4.45. The summed E-state index contributed by atoms with van der Waals surface area (Å²) in [5.74, 6) is 0.292. The summed E-state index contributed by atoms with van der Waals surface area (Å²) in [6.07, 6.45) is 4.30. The second-order valence-electron chi connectivity index (χ2n) is 3.64. The average molecular weight is 254 g/mol. The van der Waals surface area contributed by atoms with Crippen molar-refractivity contribution in [3.8, 4) is 5.69 Å². The smallest absolute Gasteiger partial charge is 0.207 e. The highest BCUT2D eigenvalue weighted by atomic mass is 35.5. The van der Waals surface area contributed by atoms with Gasteiger partial charge in [-0.3, -0.25) is 4.57 Å². The second kappa shape index (κ2) is 5.19. The summed E-state index contributed by atoms with van der Waals surface area (Å²) < 4.78 is 15.3.